The summed E-state index contributed by atoms with van der Waals surface area (Å²) in [6, 6.07) is 3.31. The molecular formula is C16H24ClN3O. The van der Waals surface area contributed by atoms with Gasteiger partial charge in [0.15, 0.2) is 0 Å². The van der Waals surface area contributed by atoms with Crippen LogP contribution >= 0.6 is 11.6 Å². The van der Waals surface area contributed by atoms with E-state index < -0.39 is 0 Å². The van der Waals surface area contributed by atoms with E-state index in [1.54, 1.807) is 6.20 Å². The fraction of sp³-hybridized carbons (Fsp3) is 0.688. The molecule has 0 aromatic carbocycles. The minimum atomic E-state index is 0.660. The summed E-state index contributed by atoms with van der Waals surface area (Å²) in [7, 11) is 2.19. The number of likely N-dealkylation sites (tertiary alicyclic amines) is 1. The Bertz CT molecular complexity index is 479. The molecule has 2 fully saturated rings. The smallest absolute Gasteiger partial charge is 0.213 e. The molecule has 1 saturated carbocycles. The van der Waals surface area contributed by atoms with Crippen molar-refractivity contribution < 1.29 is 4.74 Å². The molecule has 116 valence electrons. The molecule has 1 saturated heterocycles. The van der Waals surface area contributed by atoms with Crippen molar-refractivity contribution in [1.82, 2.24) is 15.2 Å². The van der Waals surface area contributed by atoms with Crippen molar-refractivity contribution in [2.24, 2.45) is 0 Å². The van der Waals surface area contributed by atoms with Gasteiger partial charge in [-0.15, -0.1) is 0 Å². The molecule has 0 amide bonds. The Morgan fingerprint density at radius 3 is 3.00 bits per heavy atom. The van der Waals surface area contributed by atoms with E-state index >= 15 is 0 Å². The summed E-state index contributed by atoms with van der Waals surface area (Å²) in [5.74, 6) is 0.688. The van der Waals surface area contributed by atoms with Gasteiger partial charge in [0, 0.05) is 30.9 Å². The maximum absolute atomic E-state index is 6.19. The van der Waals surface area contributed by atoms with Crippen LogP contribution in [0.15, 0.2) is 12.3 Å². The molecule has 2 aliphatic rings. The molecule has 1 unspecified atom stereocenters. The van der Waals surface area contributed by atoms with Crippen LogP contribution in [0.2, 0.25) is 5.02 Å². The van der Waals surface area contributed by atoms with Gasteiger partial charge >= 0.3 is 0 Å². The molecule has 1 atom stereocenters. The number of nitrogens with zero attached hydrogens (tertiary/aromatic N) is 2. The predicted molar refractivity (Wildman–Crippen MR) is 84.9 cm³/mol. The maximum atomic E-state index is 6.19. The minimum absolute atomic E-state index is 0.660. The van der Waals surface area contributed by atoms with Gasteiger partial charge in [-0.2, -0.15) is 0 Å². The van der Waals surface area contributed by atoms with E-state index in [-0.39, 0.29) is 0 Å². The summed E-state index contributed by atoms with van der Waals surface area (Å²) in [5, 5.41) is 4.19. The Labute approximate surface area is 131 Å². The fourth-order valence-corrected chi connectivity index (χ4v) is 3.03. The van der Waals surface area contributed by atoms with Crippen molar-refractivity contribution in [3.05, 3.63) is 22.8 Å². The summed E-state index contributed by atoms with van der Waals surface area (Å²) in [6.45, 7) is 2.73. The van der Waals surface area contributed by atoms with Gasteiger partial charge in [-0.25, -0.2) is 4.98 Å². The number of halogens is 1. The molecule has 0 spiro atoms. The monoisotopic (exact) mass is 309 g/mol. The molecule has 5 heteroatoms. The molecule has 0 bridgehead atoms. The van der Waals surface area contributed by atoms with E-state index in [9.17, 15) is 0 Å². The summed E-state index contributed by atoms with van der Waals surface area (Å²) >= 11 is 6.19. The largest absolute Gasteiger partial charge is 0.478 e. The van der Waals surface area contributed by atoms with Gasteiger partial charge in [-0.3, -0.25) is 0 Å². The first-order chi connectivity index (χ1) is 10.2. The summed E-state index contributed by atoms with van der Waals surface area (Å²) in [6.07, 6.45) is 7.91. The molecule has 21 heavy (non-hydrogen) atoms. The zero-order valence-electron chi connectivity index (χ0n) is 12.6. The third-order valence-electron chi connectivity index (χ3n) is 4.44. The molecule has 1 aliphatic carbocycles. The predicted octanol–water partition coefficient (Wildman–Crippen LogP) is 2.85. The quantitative estimate of drug-likeness (QED) is 0.840. The van der Waals surface area contributed by atoms with Crippen LogP contribution in [0.25, 0.3) is 0 Å². The van der Waals surface area contributed by atoms with E-state index in [4.69, 9.17) is 16.3 Å². The first kappa shape index (κ1) is 15.1. The Morgan fingerprint density at radius 1 is 1.43 bits per heavy atom. The molecule has 1 aromatic rings. The second kappa shape index (κ2) is 6.95. The fourth-order valence-electron chi connectivity index (χ4n) is 2.86. The highest BCUT2D eigenvalue weighted by Gasteiger charge is 2.21. The van der Waals surface area contributed by atoms with Crippen LogP contribution in [0.1, 0.15) is 37.7 Å². The highest BCUT2D eigenvalue weighted by molar-refractivity contribution is 6.31. The van der Waals surface area contributed by atoms with Crippen molar-refractivity contribution in [2.45, 2.75) is 50.7 Å². The van der Waals surface area contributed by atoms with Gasteiger partial charge < -0.3 is 15.0 Å². The number of ether oxygens (including phenoxy) is 1. The van der Waals surface area contributed by atoms with Gasteiger partial charge in [-0.05, 0) is 51.3 Å². The van der Waals surface area contributed by atoms with Crippen LogP contribution in [-0.4, -0.2) is 42.2 Å². The van der Waals surface area contributed by atoms with Crippen molar-refractivity contribution in [2.75, 3.05) is 20.2 Å². The van der Waals surface area contributed by atoms with Crippen LogP contribution in [0, 0.1) is 0 Å². The van der Waals surface area contributed by atoms with E-state index in [1.165, 1.54) is 32.2 Å². The molecule has 3 rings (SSSR count). The first-order valence-corrected chi connectivity index (χ1v) is 8.31. The van der Waals surface area contributed by atoms with Gasteiger partial charge in [0.2, 0.25) is 5.88 Å². The molecule has 0 radical (unpaired) electrons. The van der Waals surface area contributed by atoms with E-state index in [2.05, 4.69) is 22.2 Å². The molecule has 1 aromatic heterocycles. The van der Waals surface area contributed by atoms with Gasteiger partial charge in [0.25, 0.3) is 0 Å². The van der Waals surface area contributed by atoms with Crippen LogP contribution in [-0.2, 0) is 6.54 Å². The van der Waals surface area contributed by atoms with Gasteiger partial charge in [0.1, 0.15) is 0 Å². The summed E-state index contributed by atoms with van der Waals surface area (Å²) < 4.78 is 5.81. The number of pyridine rings is 1. The average molecular weight is 310 g/mol. The van der Waals surface area contributed by atoms with Crippen molar-refractivity contribution in [3.8, 4) is 5.88 Å². The Balaban J connectivity index is 1.48. The SMILES string of the molecule is CN1CCCC1CCOc1cc(CNC2CC2)c(Cl)cn1. The Morgan fingerprint density at radius 2 is 2.29 bits per heavy atom. The van der Waals surface area contributed by atoms with E-state index in [0.29, 0.717) is 23.0 Å². The number of nitrogens with one attached hydrogen (secondary N) is 1. The van der Waals surface area contributed by atoms with E-state index in [1.807, 2.05) is 6.07 Å². The zero-order valence-corrected chi connectivity index (χ0v) is 13.4. The lowest BCUT2D eigenvalue weighted by molar-refractivity contribution is 0.228. The molecular weight excluding hydrogens is 286 g/mol. The van der Waals surface area contributed by atoms with Crippen molar-refractivity contribution in [3.63, 3.8) is 0 Å². The molecule has 4 nitrogen and oxygen atoms in total. The Kier molecular flexibility index (Phi) is 4.99. The number of hydrogen-bond acceptors (Lipinski definition) is 4. The van der Waals surface area contributed by atoms with Crippen LogP contribution in [0.3, 0.4) is 0 Å². The summed E-state index contributed by atoms with van der Waals surface area (Å²) in [5.41, 5.74) is 1.08. The van der Waals surface area contributed by atoms with Crippen LogP contribution < -0.4 is 10.1 Å². The average Bonchev–Trinajstić information content (AvgIpc) is 3.22. The van der Waals surface area contributed by atoms with Crippen LogP contribution in [0.5, 0.6) is 5.88 Å². The first-order valence-electron chi connectivity index (χ1n) is 7.93. The number of hydrogen-bond donors (Lipinski definition) is 1. The maximum Gasteiger partial charge on any atom is 0.213 e. The number of rotatable bonds is 7. The normalized spacial score (nSPS) is 22.7. The van der Waals surface area contributed by atoms with Crippen LogP contribution in [0.4, 0.5) is 0 Å². The second-order valence-electron chi connectivity index (χ2n) is 6.18. The third-order valence-corrected chi connectivity index (χ3v) is 4.78. The molecule has 1 N–H and O–H groups in total. The zero-order chi connectivity index (χ0) is 14.7. The van der Waals surface area contributed by atoms with Crippen molar-refractivity contribution >= 4 is 11.6 Å². The van der Waals surface area contributed by atoms with Gasteiger partial charge in [0.05, 0.1) is 11.6 Å². The lowest BCUT2D eigenvalue weighted by Crippen LogP contribution is -2.26. The van der Waals surface area contributed by atoms with Gasteiger partial charge in [-0.1, -0.05) is 11.6 Å². The topological polar surface area (TPSA) is 37.4 Å². The molecule has 1 aliphatic heterocycles. The highest BCUT2D eigenvalue weighted by atomic mass is 35.5. The minimum Gasteiger partial charge on any atom is -0.478 e. The Hall–Kier alpha value is -0.840. The second-order valence-corrected chi connectivity index (χ2v) is 6.59. The lowest BCUT2D eigenvalue weighted by atomic mass is 10.1. The third kappa shape index (κ3) is 4.31. The summed E-state index contributed by atoms with van der Waals surface area (Å²) in [4.78, 5) is 6.69. The molecule has 2 heterocycles. The lowest BCUT2D eigenvalue weighted by Gasteiger charge is -2.19. The van der Waals surface area contributed by atoms with E-state index in [0.717, 1.165) is 25.1 Å². The highest BCUT2D eigenvalue weighted by Crippen LogP contribution is 2.23. The van der Waals surface area contributed by atoms with Crippen molar-refractivity contribution in [1.29, 1.82) is 0 Å². The standard InChI is InChI=1S/C16H24ClN3O/c1-20-7-2-3-14(20)6-8-21-16-9-12(15(17)11-19-16)10-18-13-4-5-13/h9,11,13-14,18H,2-8,10H2,1H3. The number of aromatic nitrogens is 1.